The van der Waals surface area contributed by atoms with Crippen LogP contribution in [0.3, 0.4) is 0 Å². The Kier molecular flexibility index (Phi) is 8.81. The molecule has 1 amide bonds. The fourth-order valence-electron chi connectivity index (χ4n) is 3.47. The summed E-state index contributed by atoms with van der Waals surface area (Å²) in [6.07, 6.45) is 9.83. The summed E-state index contributed by atoms with van der Waals surface area (Å²) >= 11 is 0. The molecule has 2 aromatic heterocycles. The zero-order valence-electron chi connectivity index (χ0n) is 17.5. The summed E-state index contributed by atoms with van der Waals surface area (Å²) in [5.74, 6) is 0.952. The molecular formula is C22H29N3O5S. The number of hydrogen-bond acceptors (Lipinski definition) is 6. The lowest BCUT2D eigenvalue weighted by molar-refractivity contribution is -0.898. The van der Waals surface area contributed by atoms with Crippen molar-refractivity contribution in [2.75, 3.05) is 32.0 Å². The summed E-state index contributed by atoms with van der Waals surface area (Å²) in [6, 6.07) is 7.13. The molecule has 1 aliphatic heterocycles. The Labute approximate surface area is 184 Å². The van der Waals surface area contributed by atoms with E-state index in [0.717, 1.165) is 24.8 Å². The Morgan fingerprint density at radius 3 is 2.90 bits per heavy atom. The fraction of sp³-hybridized carbons (Fsp3) is 0.455. The minimum Gasteiger partial charge on any atom is -0.633 e. The SMILES string of the molecule is O=C(CS(=O)Cc1ccco1)NC/C=C\COc1cc(C[N+]2([O-])CCCCC2)ccn1. The number of hydrogen-bond donors (Lipinski definition) is 1. The molecule has 3 rings (SSSR count). The van der Waals surface area contributed by atoms with Gasteiger partial charge in [0.25, 0.3) is 0 Å². The van der Waals surface area contributed by atoms with Crippen LogP contribution >= 0.6 is 0 Å². The molecule has 0 aromatic carbocycles. The molecule has 31 heavy (non-hydrogen) atoms. The Morgan fingerprint density at radius 1 is 1.29 bits per heavy atom. The normalized spacial score (nSPS) is 16.8. The van der Waals surface area contributed by atoms with Crippen molar-refractivity contribution in [3.8, 4) is 5.88 Å². The molecule has 0 aliphatic carbocycles. The predicted molar refractivity (Wildman–Crippen MR) is 118 cm³/mol. The second-order valence-electron chi connectivity index (χ2n) is 7.62. The highest BCUT2D eigenvalue weighted by Crippen LogP contribution is 2.22. The lowest BCUT2D eigenvalue weighted by Crippen LogP contribution is -2.45. The highest BCUT2D eigenvalue weighted by Gasteiger charge is 2.21. The van der Waals surface area contributed by atoms with Crippen LogP contribution < -0.4 is 10.1 Å². The summed E-state index contributed by atoms with van der Waals surface area (Å²) < 4.78 is 22.5. The van der Waals surface area contributed by atoms with Crippen molar-refractivity contribution < 1.29 is 22.8 Å². The lowest BCUT2D eigenvalue weighted by atomic mass is 10.1. The Hall–Kier alpha value is -2.49. The first-order valence-electron chi connectivity index (χ1n) is 10.5. The molecule has 2 aromatic rings. The molecule has 1 fully saturated rings. The van der Waals surface area contributed by atoms with E-state index in [-0.39, 0.29) is 22.1 Å². The number of rotatable bonds is 11. The number of likely N-dealkylation sites (tertiary alicyclic amines) is 1. The molecule has 1 unspecified atom stereocenters. The average Bonchev–Trinajstić information content (AvgIpc) is 3.24. The van der Waals surface area contributed by atoms with E-state index >= 15 is 0 Å². The van der Waals surface area contributed by atoms with Gasteiger partial charge in [-0.1, -0.05) is 6.08 Å². The van der Waals surface area contributed by atoms with Crippen LogP contribution in [0.25, 0.3) is 0 Å². The molecule has 168 valence electrons. The van der Waals surface area contributed by atoms with Crippen molar-refractivity contribution in [2.24, 2.45) is 0 Å². The van der Waals surface area contributed by atoms with E-state index in [1.807, 2.05) is 12.1 Å². The van der Waals surface area contributed by atoms with Crippen molar-refractivity contribution in [2.45, 2.75) is 31.6 Å². The van der Waals surface area contributed by atoms with Crippen LogP contribution in [-0.4, -0.2) is 51.7 Å². The van der Waals surface area contributed by atoms with E-state index in [4.69, 9.17) is 9.15 Å². The standard InChI is InChI=1S/C22H29N3O5S/c26-21(18-31(28)17-20-7-6-14-29-20)23-9-2-5-13-30-22-15-19(8-10-24-22)16-25(27)11-3-1-4-12-25/h2,5-8,10,14-15H,1,3-4,9,11-13,16-18H2,(H,23,26)/b5-2-. The summed E-state index contributed by atoms with van der Waals surface area (Å²) in [5, 5.41) is 15.4. The van der Waals surface area contributed by atoms with Gasteiger partial charge in [0.2, 0.25) is 11.8 Å². The third-order valence-corrected chi connectivity index (χ3v) is 6.18. The van der Waals surface area contributed by atoms with Crippen LogP contribution in [0.2, 0.25) is 0 Å². The van der Waals surface area contributed by atoms with Crippen LogP contribution in [0.5, 0.6) is 5.88 Å². The van der Waals surface area contributed by atoms with E-state index in [1.165, 1.54) is 6.26 Å². The first-order chi connectivity index (χ1) is 15.0. The number of carbonyl (C=O) groups is 1. The molecule has 9 heteroatoms. The third kappa shape index (κ3) is 8.28. The van der Waals surface area contributed by atoms with Gasteiger partial charge in [-0.05, 0) is 43.5 Å². The van der Waals surface area contributed by atoms with Gasteiger partial charge in [0.15, 0.2) is 0 Å². The summed E-state index contributed by atoms with van der Waals surface area (Å²) in [5.41, 5.74) is 0.931. The zero-order valence-corrected chi connectivity index (χ0v) is 18.4. The number of quaternary nitrogens is 1. The maximum absolute atomic E-state index is 12.7. The van der Waals surface area contributed by atoms with E-state index < -0.39 is 10.8 Å². The number of furan rings is 1. The van der Waals surface area contributed by atoms with Gasteiger partial charge in [-0.15, -0.1) is 0 Å². The van der Waals surface area contributed by atoms with Gasteiger partial charge >= 0.3 is 0 Å². The van der Waals surface area contributed by atoms with Gasteiger partial charge in [0.1, 0.15) is 24.7 Å². The molecule has 0 spiro atoms. The maximum atomic E-state index is 12.7. The Morgan fingerprint density at radius 2 is 2.13 bits per heavy atom. The first-order valence-corrected chi connectivity index (χ1v) is 12.0. The number of carbonyl (C=O) groups excluding carboxylic acids is 1. The van der Waals surface area contributed by atoms with E-state index in [0.29, 0.717) is 44.4 Å². The molecule has 3 heterocycles. The first kappa shape index (κ1) is 23.2. The maximum Gasteiger partial charge on any atom is 0.232 e. The van der Waals surface area contributed by atoms with Crippen molar-refractivity contribution in [3.63, 3.8) is 0 Å². The highest BCUT2D eigenvalue weighted by atomic mass is 32.2. The molecule has 1 saturated heterocycles. The van der Waals surface area contributed by atoms with E-state index in [1.54, 1.807) is 30.5 Å². The van der Waals surface area contributed by atoms with Gasteiger partial charge in [-0.3, -0.25) is 9.00 Å². The Balaban J connectivity index is 1.33. The van der Waals surface area contributed by atoms with Crippen LogP contribution in [0.4, 0.5) is 0 Å². The number of nitrogens with zero attached hydrogens (tertiary/aromatic N) is 2. The smallest absolute Gasteiger partial charge is 0.232 e. The molecule has 1 aliphatic rings. The second-order valence-corrected chi connectivity index (χ2v) is 9.08. The number of nitrogens with one attached hydrogen (secondary N) is 1. The molecule has 0 radical (unpaired) electrons. The molecule has 1 atom stereocenters. The Bertz CT molecular complexity index is 879. The monoisotopic (exact) mass is 447 g/mol. The topological polar surface area (TPSA) is 104 Å². The third-order valence-electron chi connectivity index (χ3n) is 4.99. The van der Waals surface area contributed by atoms with Crippen molar-refractivity contribution in [3.05, 3.63) is 65.4 Å². The van der Waals surface area contributed by atoms with Gasteiger partial charge in [-0.25, -0.2) is 4.98 Å². The largest absolute Gasteiger partial charge is 0.633 e. The summed E-state index contributed by atoms with van der Waals surface area (Å²) in [4.78, 5) is 16.0. The van der Waals surface area contributed by atoms with Crippen LogP contribution in [0.1, 0.15) is 30.6 Å². The number of ether oxygens (including phenoxy) is 1. The summed E-state index contributed by atoms with van der Waals surface area (Å²) in [7, 11) is -1.31. The molecular weight excluding hydrogens is 418 g/mol. The minimum atomic E-state index is -1.31. The van der Waals surface area contributed by atoms with Crippen molar-refractivity contribution >= 4 is 16.7 Å². The fourth-order valence-corrected chi connectivity index (χ4v) is 4.44. The molecule has 0 bridgehead atoms. The predicted octanol–water partition coefficient (Wildman–Crippen LogP) is 2.67. The van der Waals surface area contributed by atoms with Crippen LogP contribution in [-0.2, 0) is 27.9 Å². The van der Waals surface area contributed by atoms with Crippen molar-refractivity contribution in [1.82, 2.24) is 10.3 Å². The highest BCUT2D eigenvalue weighted by molar-refractivity contribution is 7.84. The van der Waals surface area contributed by atoms with Gasteiger partial charge in [0, 0.05) is 35.2 Å². The number of aromatic nitrogens is 1. The van der Waals surface area contributed by atoms with Crippen LogP contribution in [0.15, 0.2) is 53.3 Å². The molecule has 1 N–H and O–H groups in total. The number of amides is 1. The van der Waals surface area contributed by atoms with Crippen molar-refractivity contribution in [1.29, 1.82) is 0 Å². The number of piperidine rings is 1. The van der Waals surface area contributed by atoms with E-state index in [2.05, 4.69) is 10.3 Å². The number of hydroxylamine groups is 3. The number of pyridine rings is 1. The molecule has 0 saturated carbocycles. The average molecular weight is 448 g/mol. The van der Waals surface area contributed by atoms with Gasteiger partial charge < -0.3 is 24.3 Å². The van der Waals surface area contributed by atoms with Gasteiger partial charge in [-0.2, -0.15) is 0 Å². The quantitative estimate of drug-likeness (QED) is 0.323. The second kappa shape index (κ2) is 11.8. The van der Waals surface area contributed by atoms with Crippen LogP contribution in [0, 0.1) is 5.21 Å². The molecule has 8 nitrogen and oxygen atoms in total. The van der Waals surface area contributed by atoms with Gasteiger partial charge in [0.05, 0.1) is 25.1 Å². The van der Waals surface area contributed by atoms with E-state index in [9.17, 15) is 14.2 Å². The summed E-state index contributed by atoms with van der Waals surface area (Å²) in [6.45, 7) is 2.41. The lowest BCUT2D eigenvalue weighted by Gasteiger charge is -2.45. The zero-order chi connectivity index (χ0) is 21.9. The minimum absolute atomic E-state index is 0.0680.